The van der Waals surface area contributed by atoms with Gasteiger partial charge in [0.25, 0.3) is 0 Å². The van der Waals surface area contributed by atoms with E-state index >= 15 is 0 Å². The van der Waals surface area contributed by atoms with Gasteiger partial charge in [0.2, 0.25) is 5.91 Å². The van der Waals surface area contributed by atoms with E-state index in [4.69, 9.17) is 9.47 Å². The monoisotopic (exact) mass is 416 g/mol. The van der Waals surface area contributed by atoms with E-state index in [0.717, 1.165) is 5.75 Å². The molecule has 0 aliphatic rings. The van der Waals surface area contributed by atoms with Gasteiger partial charge >= 0.3 is 0 Å². The molecule has 0 aliphatic carbocycles. The summed E-state index contributed by atoms with van der Waals surface area (Å²) in [5, 5.41) is 11.4. The number of hydrogen-bond donors (Lipinski definition) is 1. The smallest absolute Gasteiger partial charge is 0.230 e. The van der Waals surface area contributed by atoms with Gasteiger partial charge in [-0.15, -0.1) is 10.2 Å². The number of nitrogens with zero attached hydrogens (tertiary/aromatic N) is 3. The second kappa shape index (κ2) is 9.92. The van der Waals surface area contributed by atoms with Crippen LogP contribution in [-0.4, -0.2) is 40.1 Å². The number of benzene rings is 2. The summed E-state index contributed by atoms with van der Waals surface area (Å²) in [6, 6.07) is 13.4. The quantitative estimate of drug-likeness (QED) is 0.540. The van der Waals surface area contributed by atoms with Crippen LogP contribution in [0.1, 0.15) is 12.7 Å². The van der Waals surface area contributed by atoms with Crippen molar-refractivity contribution >= 4 is 17.7 Å². The van der Waals surface area contributed by atoms with Gasteiger partial charge in [-0.3, -0.25) is 9.36 Å². The molecule has 3 aromatic rings. The highest BCUT2D eigenvalue weighted by Gasteiger charge is 2.18. The van der Waals surface area contributed by atoms with Crippen LogP contribution in [0.15, 0.2) is 53.7 Å². The molecule has 29 heavy (non-hydrogen) atoms. The minimum atomic E-state index is -0.419. The number of thioether (sulfide) groups is 1. The minimum absolute atomic E-state index is 0.0787. The third-order valence-corrected chi connectivity index (χ3v) is 4.86. The third-order valence-electron chi connectivity index (χ3n) is 3.93. The zero-order chi connectivity index (χ0) is 20.6. The molecule has 0 radical (unpaired) electrons. The number of methoxy groups -OCH3 is 1. The molecular weight excluding hydrogens is 395 g/mol. The van der Waals surface area contributed by atoms with E-state index in [2.05, 4.69) is 15.5 Å². The molecule has 0 spiro atoms. The maximum atomic E-state index is 14.5. The highest BCUT2D eigenvalue weighted by molar-refractivity contribution is 7.99. The lowest BCUT2D eigenvalue weighted by molar-refractivity contribution is -0.118. The molecule has 0 fully saturated rings. The van der Waals surface area contributed by atoms with Crippen molar-refractivity contribution in [1.29, 1.82) is 0 Å². The molecule has 3 rings (SSSR count). The predicted molar refractivity (Wildman–Crippen MR) is 108 cm³/mol. The van der Waals surface area contributed by atoms with Crippen molar-refractivity contribution in [2.75, 3.05) is 19.4 Å². The highest BCUT2D eigenvalue weighted by Crippen LogP contribution is 2.25. The molecule has 0 unspecified atom stereocenters. The van der Waals surface area contributed by atoms with Crippen LogP contribution in [-0.2, 0) is 11.4 Å². The zero-order valence-electron chi connectivity index (χ0n) is 16.1. The maximum absolute atomic E-state index is 14.5. The Hall–Kier alpha value is -3.07. The van der Waals surface area contributed by atoms with Crippen LogP contribution >= 0.6 is 11.8 Å². The summed E-state index contributed by atoms with van der Waals surface area (Å²) in [6.45, 7) is 2.47. The molecule has 152 valence electrons. The fourth-order valence-corrected chi connectivity index (χ4v) is 3.35. The van der Waals surface area contributed by atoms with E-state index in [1.165, 1.54) is 17.8 Å². The number of nitrogens with one attached hydrogen (secondary N) is 1. The first-order chi connectivity index (χ1) is 14.1. The van der Waals surface area contributed by atoms with Crippen molar-refractivity contribution in [1.82, 2.24) is 20.1 Å². The van der Waals surface area contributed by atoms with Gasteiger partial charge in [0.05, 0.1) is 18.6 Å². The molecule has 1 N–H and O–H groups in total. The topological polar surface area (TPSA) is 78.3 Å². The molecule has 0 aliphatic heterocycles. The van der Waals surface area contributed by atoms with Gasteiger partial charge in [-0.25, -0.2) is 4.39 Å². The van der Waals surface area contributed by atoms with Gasteiger partial charge in [0.15, 0.2) is 11.0 Å². The normalized spacial score (nSPS) is 10.6. The van der Waals surface area contributed by atoms with Gasteiger partial charge in [-0.1, -0.05) is 23.9 Å². The fourth-order valence-electron chi connectivity index (χ4n) is 2.56. The number of carbonyl (C=O) groups excluding carboxylic acids is 1. The molecular formula is C20H21FN4O3S. The van der Waals surface area contributed by atoms with Gasteiger partial charge in [0, 0.05) is 6.54 Å². The standard InChI is InChI=1S/C20H21FN4O3S/c1-3-22-19(26)13-29-20-24-23-18(25(20)17-7-5-4-6-16(17)21)12-28-15-10-8-14(27-2)9-11-15/h4-11H,3,12-13H2,1-2H3,(H,22,26). The maximum Gasteiger partial charge on any atom is 0.230 e. The number of para-hydroxylation sites is 1. The Balaban J connectivity index is 1.83. The lowest BCUT2D eigenvalue weighted by Gasteiger charge is -2.12. The van der Waals surface area contributed by atoms with E-state index in [-0.39, 0.29) is 18.3 Å². The second-order valence-electron chi connectivity index (χ2n) is 5.89. The number of ether oxygens (including phenoxy) is 2. The zero-order valence-corrected chi connectivity index (χ0v) is 16.9. The van der Waals surface area contributed by atoms with Crippen LogP contribution in [0.5, 0.6) is 11.5 Å². The fraction of sp³-hybridized carbons (Fsp3) is 0.250. The van der Waals surface area contributed by atoms with E-state index in [0.29, 0.717) is 29.0 Å². The largest absolute Gasteiger partial charge is 0.497 e. The highest BCUT2D eigenvalue weighted by atomic mass is 32.2. The van der Waals surface area contributed by atoms with Crippen LogP contribution in [0, 0.1) is 5.82 Å². The number of aromatic nitrogens is 3. The Labute approximate surface area is 172 Å². The van der Waals surface area contributed by atoms with Crippen molar-refractivity contribution in [3.63, 3.8) is 0 Å². The summed E-state index contributed by atoms with van der Waals surface area (Å²) >= 11 is 1.18. The van der Waals surface area contributed by atoms with Crippen molar-refractivity contribution in [3.8, 4) is 17.2 Å². The van der Waals surface area contributed by atoms with Crippen molar-refractivity contribution in [3.05, 3.63) is 60.2 Å². The van der Waals surface area contributed by atoms with E-state index in [9.17, 15) is 9.18 Å². The number of hydrogen-bond acceptors (Lipinski definition) is 6. The van der Waals surface area contributed by atoms with E-state index in [1.54, 1.807) is 54.1 Å². The van der Waals surface area contributed by atoms with Crippen molar-refractivity contribution in [2.45, 2.75) is 18.7 Å². The van der Waals surface area contributed by atoms with Gasteiger partial charge in [-0.2, -0.15) is 0 Å². The van der Waals surface area contributed by atoms with Crippen molar-refractivity contribution in [2.24, 2.45) is 0 Å². The summed E-state index contributed by atoms with van der Waals surface area (Å²) < 4.78 is 26.9. The van der Waals surface area contributed by atoms with Crippen LogP contribution in [0.25, 0.3) is 5.69 Å². The Kier molecular flexibility index (Phi) is 7.07. The summed E-state index contributed by atoms with van der Waals surface area (Å²) in [6.07, 6.45) is 0. The molecule has 0 saturated carbocycles. The third kappa shape index (κ3) is 5.26. The lowest BCUT2D eigenvalue weighted by Crippen LogP contribution is -2.24. The number of amides is 1. The molecule has 0 saturated heterocycles. The molecule has 1 heterocycles. The van der Waals surface area contributed by atoms with Crippen molar-refractivity contribution < 1.29 is 18.7 Å². The first-order valence-electron chi connectivity index (χ1n) is 8.98. The SMILES string of the molecule is CCNC(=O)CSc1nnc(COc2ccc(OC)cc2)n1-c1ccccc1F. The van der Waals surface area contributed by atoms with Gasteiger partial charge < -0.3 is 14.8 Å². The average molecular weight is 416 g/mol. The summed E-state index contributed by atoms with van der Waals surface area (Å²) in [5.74, 6) is 1.36. The first kappa shape index (κ1) is 20.7. The Morgan fingerprint density at radius 2 is 1.86 bits per heavy atom. The van der Waals surface area contributed by atoms with E-state index in [1.807, 2.05) is 6.92 Å². The van der Waals surface area contributed by atoms with Crippen LogP contribution in [0.4, 0.5) is 4.39 Å². The van der Waals surface area contributed by atoms with Crippen LogP contribution in [0.2, 0.25) is 0 Å². The summed E-state index contributed by atoms with van der Waals surface area (Å²) in [5.41, 5.74) is 0.296. The second-order valence-corrected chi connectivity index (χ2v) is 6.83. The van der Waals surface area contributed by atoms with Crippen LogP contribution in [0.3, 0.4) is 0 Å². The molecule has 9 heteroatoms. The number of rotatable bonds is 9. The summed E-state index contributed by atoms with van der Waals surface area (Å²) in [7, 11) is 1.59. The predicted octanol–water partition coefficient (Wildman–Crippen LogP) is 3.22. The molecule has 7 nitrogen and oxygen atoms in total. The Bertz CT molecular complexity index is 963. The minimum Gasteiger partial charge on any atom is -0.497 e. The molecule has 1 amide bonds. The number of halogens is 1. The van der Waals surface area contributed by atoms with Crippen LogP contribution < -0.4 is 14.8 Å². The van der Waals surface area contributed by atoms with Gasteiger partial charge in [0.1, 0.15) is 23.9 Å². The molecule has 1 aromatic heterocycles. The Morgan fingerprint density at radius 1 is 1.14 bits per heavy atom. The first-order valence-corrected chi connectivity index (χ1v) is 9.96. The van der Waals surface area contributed by atoms with E-state index < -0.39 is 5.82 Å². The number of carbonyl (C=O) groups is 1. The molecule has 0 atom stereocenters. The summed E-state index contributed by atoms with van der Waals surface area (Å²) in [4.78, 5) is 11.8. The average Bonchev–Trinajstić information content (AvgIpc) is 3.14. The molecule has 0 bridgehead atoms. The van der Waals surface area contributed by atoms with Gasteiger partial charge in [-0.05, 0) is 43.3 Å². The molecule has 2 aromatic carbocycles. The lowest BCUT2D eigenvalue weighted by atomic mass is 10.3. The Morgan fingerprint density at radius 3 is 2.55 bits per heavy atom.